The van der Waals surface area contributed by atoms with Gasteiger partial charge in [-0.25, -0.2) is 4.90 Å². The first kappa shape index (κ1) is 14.2. The number of benzene rings is 1. The number of ketones is 1. The van der Waals surface area contributed by atoms with Crippen molar-refractivity contribution in [2.24, 2.45) is 23.7 Å². The second-order valence-corrected chi connectivity index (χ2v) is 7.18. The van der Waals surface area contributed by atoms with E-state index in [0.29, 0.717) is 28.6 Å². The summed E-state index contributed by atoms with van der Waals surface area (Å²) >= 11 is 12.0. The van der Waals surface area contributed by atoms with Gasteiger partial charge in [-0.05, 0) is 37.0 Å². The minimum absolute atomic E-state index is 0.00129. The highest BCUT2D eigenvalue weighted by Gasteiger charge is 2.60. The zero-order chi connectivity index (χ0) is 15.6. The van der Waals surface area contributed by atoms with Gasteiger partial charge in [0.25, 0.3) is 0 Å². The van der Waals surface area contributed by atoms with Crippen molar-refractivity contribution in [2.75, 3.05) is 4.90 Å². The minimum atomic E-state index is -0.495. The number of nitrogens with zero attached hydrogens (tertiary/aromatic N) is 1. The summed E-state index contributed by atoms with van der Waals surface area (Å²) in [6.45, 7) is 0. The highest BCUT2D eigenvalue weighted by Crippen LogP contribution is 2.52. The van der Waals surface area contributed by atoms with Gasteiger partial charge in [-0.1, -0.05) is 23.2 Å². The van der Waals surface area contributed by atoms with Crippen LogP contribution in [0.5, 0.6) is 0 Å². The number of carbonyl (C=O) groups excluding carboxylic acids is 3. The molecule has 1 aromatic rings. The number of fused-ring (bicyclic) bond motifs is 2. The maximum Gasteiger partial charge on any atom is 0.238 e. The molecule has 5 rings (SSSR count). The van der Waals surface area contributed by atoms with Crippen LogP contribution in [0.1, 0.15) is 19.3 Å². The summed E-state index contributed by atoms with van der Waals surface area (Å²) < 4.78 is 0. The molecule has 1 saturated heterocycles. The van der Waals surface area contributed by atoms with Crippen LogP contribution in [0.25, 0.3) is 0 Å². The van der Waals surface area contributed by atoms with Gasteiger partial charge < -0.3 is 0 Å². The molecule has 3 aliphatic carbocycles. The maximum atomic E-state index is 12.8. The average molecular weight is 338 g/mol. The first-order valence-electron chi connectivity index (χ1n) is 7.34. The van der Waals surface area contributed by atoms with E-state index in [2.05, 4.69) is 0 Å². The van der Waals surface area contributed by atoms with E-state index in [1.165, 1.54) is 4.90 Å². The second-order valence-electron chi connectivity index (χ2n) is 6.31. The van der Waals surface area contributed by atoms with Gasteiger partial charge in [0.15, 0.2) is 0 Å². The Bertz CT molecular complexity index is 697. The van der Waals surface area contributed by atoms with Crippen LogP contribution >= 0.6 is 23.2 Å². The molecule has 4 atom stereocenters. The molecule has 114 valence electrons. The lowest BCUT2D eigenvalue weighted by Gasteiger charge is -2.41. The number of anilines is 1. The number of imide groups is 1. The van der Waals surface area contributed by atoms with Gasteiger partial charge in [0.2, 0.25) is 11.8 Å². The lowest BCUT2D eigenvalue weighted by atomic mass is 9.59. The fourth-order valence-electron chi connectivity index (χ4n) is 4.31. The first-order chi connectivity index (χ1) is 10.5. The molecule has 3 saturated carbocycles. The van der Waals surface area contributed by atoms with Crippen LogP contribution in [-0.2, 0) is 14.4 Å². The Labute approximate surface area is 137 Å². The standard InChI is InChI=1S/C16H13Cl2NO3/c17-8-4-9(18)6-10(5-8)19-15(21)13-7-1-2-11(12(20)3-7)14(13)16(19)22/h4-7,11,13-14H,1-3H2. The van der Waals surface area contributed by atoms with Crippen molar-refractivity contribution in [2.45, 2.75) is 19.3 Å². The van der Waals surface area contributed by atoms with E-state index in [-0.39, 0.29) is 35.4 Å². The average Bonchev–Trinajstić information content (AvgIpc) is 2.72. The van der Waals surface area contributed by atoms with Gasteiger partial charge in [0.05, 0.1) is 17.5 Å². The number of amides is 2. The zero-order valence-corrected chi connectivity index (χ0v) is 13.1. The Balaban J connectivity index is 1.78. The number of rotatable bonds is 1. The molecule has 1 aliphatic heterocycles. The molecule has 4 nitrogen and oxygen atoms in total. The molecule has 4 aliphatic rings. The summed E-state index contributed by atoms with van der Waals surface area (Å²) in [5.41, 5.74) is 0.397. The van der Waals surface area contributed by atoms with Crippen molar-refractivity contribution in [1.29, 1.82) is 0 Å². The monoisotopic (exact) mass is 337 g/mol. The lowest BCUT2D eigenvalue weighted by Crippen LogP contribution is -2.46. The summed E-state index contributed by atoms with van der Waals surface area (Å²) in [7, 11) is 0. The van der Waals surface area contributed by atoms with Gasteiger partial charge in [-0.2, -0.15) is 0 Å². The minimum Gasteiger partial charge on any atom is -0.299 e. The van der Waals surface area contributed by atoms with Crippen LogP contribution in [0, 0.1) is 23.7 Å². The molecule has 22 heavy (non-hydrogen) atoms. The van der Waals surface area contributed by atoms with Crippen molar-refractivity contribution >= 4 is 46.5 Å². The molecule has 0 aromatic heterocycles. The van der Waals surface area contributed by atoms with Crippen LogP contribution in [0.3, 0.4) is 0 Å². The number of hydrogen-bond donors (Lipinski definition) is 0. The molecule has 0 spiro atoms. The van der Waals surface area contributed by atoms with E-state index < -0.39 is 5.92 Å². The van der Waals surface area contributed by atoms with Crippen molar-refractivity contribution < 1.29 is 14.4 Å². The van der Waals surface area contributed by atoms with Gasteiger partial charge >= 0.3 is 0 Å². The molecule has 1 aromatic carbocycles. The summed E-state index contributed by atoms with van der Waals surface area (Å²) in [4.78, 5) is 38.8. The molecule has 6 heteroatoms. The normalized spacial score (nSPS) is 33.5. The molecule has 4 fully saturated rings. The summed E-state index contributed by atoms with van der Waals surface area (Å²) in [5, 5.41) is 0.744. The molecule has 0 N–H and O–H groups in total. The van der Waals surface area contributed by atoms with E-state index >= 15 is 0 Å². The van der Waals surface area contributed by atoms with E-state index in [4.69, 9.17) is 23.2 Å². The predicted octanol–water partition coefficient (Wildman–Crippen LogP) is 3.10. The summed E-state index contributed by atoms with van der Waals surface area (Å²) in [5.74, 6) is -1.52. The highest BCUT2D eigenvalue weighted by atomic mass is 35.5. The number of Topliss-reactive ketones (excluding diaryl/α,β-unsaturated/α-hetero) is 1. The van der Waals surface area contributed by atoms with Crippen LogP contribution < -0.4 is 4.90 Å². The Kier molecular flexibility index (Phi) is 3.10. The Hall–Kier alpha value is -1.39. The maximum absolute atomic E-state index is 12.8. The molecule has 0 radical (unpaired) electrons. The van der Waals surface area contributed by atoms with Crippen LogP contribution in [0.2, 0.25) is 10.0 Å². The SMILES string of the molecule is O=C1CC2CCC1C1C(=O)N(c3cc(Cl)cc(Cl)c3)C(=O)C21. The van der Waals surface area contributed by atoms with Crippen LogP contribution in [0.4, 0.5) is 5.69 Å². The summed E-state index contributed by atoms with van der Waals surface area (Å²) in [6.07, 6.45) is 1.99. The molecule has 4 unspecified atom stereocenters. The third-order valence-electron chi connectivity index (χ3n) is 5.17. The molecular weight excluding hydrogens is 325 g/mol. The Morgan fingerprint density at radius 3 is 2.18 bits per heavy atom. The van der Waals surface area contributed by atoms with E-state index in [1.807, 2.05) is 0 Å². The lowest BCUT2D eigenvalue weighted by molar-refractivity contribution is -0.143. The van der Waals surface area contributed by atoms with E-state index in [9.17, 15) is 14.4 Å². The van der Waals surface area contributed by atoms with Crippen molar-refractivity contribution in [1.82, 2.24) is 0 Å². The van der Waals surface area contributed by atoms with Gasteiger partial charge in [0, 0.05) is 22.4 Å². The van der Waals surface area contributed by atoms with Crippen LogP contribution in [0.15, 0.2) is 18.2 Å². The van der Waals surface area contributed by atoms with Crippen molar-refractivity contribution in [3.8, 4) is 0 Å². The third-order valence-corrected chi connectivity index (χ3v) is 5.61. The number of carbonyl (C=O) groups is 3. The number of hydrogen-bond acceptors (Lipinski definition) is 3. The van der Waals surface area contributed by atoms with Crippen molar-refractivity contribution in [3.63, 3.8) is 0 Å². The topological polar surface area (TPSA) is 54.5 Å². The third kappa shape index (κ3) is 1.87. The van der Waals surface area contributed by atoms with Crippen LogP contribution in [-0.4, -0.2) is 17.6 Å². The van der Waals surface area contributed by atoms with Gasteiger partial charge in [-0.3, -0.25) is 14.4 Å². The smallest absolute Gasteiger partial charge is 0.238 e. The largest absolute Gasteiger partial charge is 0.299 e. The fraction of sp³-hybridized carbons (Fsp3) is 0.438. The molecular formula is C16H13Cl2NO3. The molecule has 2 bridgehead atoms. The summed E-state index contributed by atoms with van der Waals surface area (Å²) in [6, 6.07) is 4.67. The van der Waals surface area contributed by atoms with Gasteiger partial charge in [-0.15, -0.1) is 0 Å². The molecule has 1 heterocycles. The van der Waals surface area contributed by atoms with Gasteiger partial charge in [0.1, 0.15) is 5.78 Å². The predicted molar refractivity (Wildman–Crippen MR) is 81.8 cm³/mol. The second kappa shape index (κ2) is 4.80. The zero-order valence-electron chi connectivity index (χ0n) is 11.6. The number of halogens is 2. The highest BCUT2D eigenvalue weighted by molar-refractivity contribution is 6.35. The van der Waals surface area contributed by atoms with E-state index in [0.717, 1.165) is 6.42 Å². The Morgan fingerprint density at radius 2 is 1.55 bits per heavy atom. The molecule has 2 amide bonds. The Morgan fingerprint density at radius 1 is 0.909 bits per heavy atom. The van der Waals surface area contributed by atoms with Crippen molar-refractivity contribution in [3.05, 3.63) is 28.2 Å². The first-order valence-corrected chi connectivity index (χ1v) is 8.09. The van der Waals surface area contributed by atoms with E-state index in [1.54, 1.807) is 18.2 Å². The fourth-order valence-corrected chi connectivity index (χ4v) is 4.82. The quantitative estimate of drug-likeness (QED) is 0.740.